The summed E-state index contributed by atoms with van der Waals surface area (Å²) < 4.78 is 0. The van der Waals surface area contributed by atoms with E-state index in [0.717, 1.165) is 51.7 Å². The first-order valence-corrected chi connectivity index (χ1v) is 11.1. The summed E-state index contributed by atoms with van der Waals surface area (Å²) in [5.74, 6) is 0.308. The summed E-state index contributed by atoms with van der Waals surface area (Å²) >= 11 is 0. The molecule has 0 radical (unpaired) electrons. The van der Waals surface area contributed by atoms with E-state index in [1.54, 1.807) is 0 Å². The molecule has 5 nitrogen and oxygen atoms in total. The van der Waals surface area contributed by atoms with Gasteiger partial charge in [-0.25, -0.2) is 0 Å². The number of H-pyrrole nitrogens is 1. The van der Waals surface area contributed by atoms with Crippen LogP contribution in [0.2, 0.25) is 0 Å². The van der Waals surface area contributed by atoms with Gasteiger partial charge in [-0.15, -0.1) is 0 Å². The SMILES string of the molecule is O=C(CN1CCc2c([nH]c3ccccc23)C1)N1CCN(C2CCCCC2)CC1. The molecule has 0 bridgehead atoms. The monoisotopic (exact) mass is 380 g/mol. The Morgan fingerprint density at radius 2 is 1.79 bits per heavy atom. The Labute approximate surface area is 167 Å². The Hall–Kier alpha value is -1.85. The maximum atomic E-state index is 12.9. The summed E-state index contributed by atoms with van der Waals surface area (Å²) in [6, 6.07) is 9.32. The summed E-state index contributed by atoms with van der Waals surface area (Å²) in [5.41, 5.74) is 3.96. The van der Waals surface area contributed by atoms with Crippen LogP contribution in [0.1, 0.15) is 43.4 Å². The Balaban J connectivity index is 1.15. The van der Waals surface area contributed by atoms with Crippen LogP contribution in [0.15, 0.2) is 24.3 Å². The van der Waals surface area contributed by atoms with Gasteiger partial charge in [0.05, 0.1) is 6.54 Å². The number of fused-ring (bicyclic) bond motifs is 3. The second-order valence-corrected chi connectivity index (χ2v) is 8.80. The van der Waals surface area contributed by atoms with Crippen molar-refractivity contribution in [3.63, 3.8) is 0 Å². The van der Waals surface area contributed by atoms with Crippen molar-refractivity contribution >= 4 is 16.8 Å². The van der Waals surface area contributed by atoms with Crippen LogP contribution in [0, 0.1) is 0 Å². The highest BCUT2D eigenvalue weighted by atomic mass is 16.2. The van der Waals surface area contributed by atoms with Gasteiger partial charge in [-0.3, -0.25) is 14.6 Å². The normalized spacial score (nSPS) is 22.5. The van der Waals surface area contributed by atoms with Crippen LogP contribution in [0.4, 0.5) is 0 Å². The molecule has 1 saturated carbocycles. The minimum absolute atomic E-state index is 0.308. The molecule has 1 aromatic heterocycles. The van der Waals surface area contributed by atoms with E-state index < -0.39 is 0 Å². The zero-order chi connectivity index (χ0) is 18.9. The lowest BCUT2D eigenvalue weighted by molar-refractivity contribution is -0.134. The van der Waals surface area contributed by atoms with Gasteiger partial charge in [0.2, 0.25) is 5.91 Å². The summed E-state index contributed by atoms with van der Waals surface area (Å²) in [6.07, 6.45) is 7.91. The van der Waals surface area contributed by atoms with E-state index in [1.807, 2.05) is 0 Å². The van der Waals surface area contributed by atoms with Crippen LogP contribution >= 0.6 is 0 Å². The summed E-state index contributed by atoms with van der Waals surface area (Å²) in [4.78, 5) is 23.5. The number of benzene rings is 1. The third-order valence-corrected chi connectivity index (χ3v) is 7.08. The molecule has 2 aromatic rings. The summed E-state index contributed by atoms with van der Waals surface area (Å²) in [5, 5.41) is 1.35. The quantitative estimate of drug-likeness (QED) is 0.890. The zero-order valence-corrected chi connectivity index (χ0v) is 16.8. The highest BCUT2D eigenvalue weighted by Gasteiger charge is 2.28. The number of carbonyl (C=O) groups is 1. The Kier molecular flexibility index (Phi) is 5.12. The van der Waals surface area contributed by atoms with Crippen LogP contribution in [0.25, 0.3) is 10.9 Å². The van der Waals surface area contributed by atoms with Crippen LogP contribution in [0.3, 0.4) is 0 Å². The lowest BCUT2D eigenvalue weighted by atomic mass is 9.94. The standard InChI is InChI=1S/C23H32N4O/c28-23(27-14-12-26(13-15-27)18-6-2-1-3-7-18)17-25-11-10-20-19-8-4-5-9-21(19)24-22(20)16-25/h4-5,8-9,18,24H,1-3,6-7,10-17H2. The highest BCUT2D eigenvalue weighted by Crippen LogP contribution is 2.27. The maximum absolute atomic E-state index is 12.9. The lowest BCUT2D eigenvalue weighted by Crippen LogP contribution is -2.54. The number of aromatic amines is 1. The van der Waals surface area contributed by atoms with E-state index in [2.05, 4.69) is 43.9 Å². The largest absolute Gasteiger partial charge is 0.357 e. The van der Waals surface area contributed by atoms with E-state index in [-0.39, 0.29) is 0 Å². The number of carbonyl (C=O) groups excluding carboxylic acids is 1. The molecule has 28 heavy (non-hydrogen) atoms. The maximum Gasteiger partial charge on any atom is 0.236 e. The second-order valence-electron chi connectivity index (χ2n) is 8.80. The molecule has 1 N–H and O–H groups in total. The number of nitrogens with one attached hydrogen (secondary N) is 1. The Morgan fingerprint density at radius 3 is 2.61 bits per heavy atom. The van der Waals surface area contributed by atoms with Crippen molar-refractivity contribution in [3.8, 4) is 0 Å². The van der Waals surface area contributed by atoms with Gasteiger partial charge >= 0.3 is 0 Å². The number of hydrogen-bond donors (Lipinski definition) is 1. The molecule has 1 aromatic carbocycles. The van der Waals surface area contributed by atoms with Gasteiger partial charge in [0.15, 0.2) is 0 Å². The van der Waals surface area contributed by atoms with Crippen molar-refractivity contribution in [2.24, 2.45) is 0 Å². The second kappa shape index (κ2) is 7.88. The molecule has 0 unspecified atom stereocenters. The van der Waals surface area contributed by atoms with Gasteiger partial charge in [0, 0.05) is 61.9 Å². The number of piperazine rings is 1. The van der Waals surface area contributed by atoms with Crippen LogP contribution in [0.5, 0.6) is 0 Å². The smallest absolute Gasteiger partial charge is 0.236 e. The molecule has 150 valence electrons. The number of para-hydroxylation sites is 1. The first-order valence-electron chi connectivity index (χ1n) is 11.1. The number of amides is 1. The topological polar surface area (TPSA) is 42.6 Å². The third kappa shape index (κ3) is 3.58. The van der Waals surface area contributed by atoms with Crippen molar-refractivity contribution in [2.75, 3.05) is 39.3 Å². The fraction of sp³-hybridized carbons (Fsp3) is 0.609. The van der Waals surface area contributed by atoms with E-state index in [4.69, 9.17) is 0 Å². The molecule has 3 heterocycles. The summed E-state index contributed by atoms with van der Waals surface area (Å²) in [6.45, 7) is 6.31. The van der Waals surface area contributed by atoms with Crippen molar-refractivity contribution in [3.05, 3.63) is 35.5 Å². The average Bonchev–Trinajstić information content (AvgIpc) is 3.12. The first kappa shape index (κ1) is 18.2. The van der Waals surface area contributed by atoms with E-state index in [0.29, 0.717) is 12.5 Å². The van der Waals surface area contributed by atoms with Crippen LogP contribution < -0.4 is 0 Å². The van der Waals surface area contributed by atoms with Crippen molar-refractivity contribution < 1.29 is 4.79 Å². The van der Waals surface area contributed by atoms with Crippen molar-refractivity contribution in [1.82, 2.24) is 19.7 Å². The van der Waals surface area contributed by atoms with Gasteiger partial charge < -0.3 is 9.88 Å². The molecule has 3 aliphatic rings. The molecule has 2 aliphatic heterocycles. The molecule has 1 saturated heterocycles. The molecule has 0 spiro atoms. The zero-order valence-electron chi connectivity index (χ0n) is 16.8. The lowest BCUT2D eigenvalue weighted by Gasteiger charge is -2.41. The van der Waals surface area contributed by atoms with Crippen LogP contribution in [-0.4, -0.2) is 70.9 Å². The average molecular weight is 381 g/mol. The third-order valence-electron chi connectivity index (χ3n) is 7.08. The predicted octanol–water partition coefficient (Wildman–Crippen LogP) is 3.00. The molecule has 5 heteroatoms. The minimum atomic E-state index is 0.308. The molecule has 1 amide bonds. The molecular weight excluding hydrogens is 348 g/mol. The van der Waals surface area contributed by atoms with E-state index in [9.17, 15) is 4.79 Å². The molecule has 2 fully saturated rings. The van der Waals surface area contributed by atoms with E-state index in [1.165, 1.54) is 54.3 Å². The van der Waals surface area contributed by atoms with Gasteiger partial charge in [-0.1, -0.05) is 37.5 Å². The van der Waals surface area contributed by atoms with Crippen molar-refractivity contribution in [2.45, 2.75) is 51.1 Å². The van der Waals surface area contributed by atoms with Gasteiger partial charge in [0.1, 0.15) is 0 Å². The number of aromatic nitrogens is 1. The van der Waals surface area contributed by atoms with Gasteiger partial charge in [-0.2, -0.15) is 0 Å². The number of rotatable bonds is 3. The number of nitrogens with zero attached hydrogens (tertiary/aromatic N) is 3. The van der Waals surface area contributed by atoms with Crippen molar-refractivity contribution in [1.29, 1.82) is 0 Å². The van der Waals surface area contributed by atoms with Gasteiger partial charge in [-0.05, 0) is 30.9 Å². The fourth-order valence-electron chi connectivity index (χ4n) is 5.46. The highest BCUT2D eigenvalue weighted by molar-refractivity contribution is 5.85. The van der Waals surface area contributed by atoms with E-state index >= 15 is 0 Å². The summed E-state index contributed by atoms with van der Waals surface area (Å²) in [7, 11) is 0. The minimum Gasteiger partial charge on any atom is -0.357 e. The Morgan fingerprint density at radius 1 is 1.00 bits per heavy atom. The Bertz CT molecular complexity index is 830. The van der Waals surface area contributed by atoms with Gasteiger partial charge in [0.25, 0.3) is 0 Å². The van der Waals surface area contributed by atoms with Crippen LogP contribution in [-0.2, 0) is 17.8 Å². The number of hydrogen-bond acceptors (Lipinski definition) is 3. The molecular formula is C23H32N4O. The molecule has 0 atom stereocenters. The first-order chi connectivity index (χ1) is 13.8. The molecule has 1 aliphatic carbocycles. The molecule has 5 rings (SSSR count). The predicted molar refractivity (Wildman–Crippen MR) is 112 cm³/mol. The fourth-order valence-corrected chi connectivity index (χ4v) is 5.46.